The van der Waals surface area contributed by atoms with Crippen LogP contribution in [0.1, 0.15) is 23.4 Å². The number of carbonyl (C=O) groups excluding carboxylic acids is 1. The summed E-state index contributed by atoms with van der Waals surface area (Å²) in [6.07, 6.45) is 0.858. The van der Waals surface area contributed by atoms with Gasteiger partial charge in [-0.3, -0.25) is 4.79 Å². The number of benzene rings is 2. The Morgan fingerprint density at radius 1 is 1.27 bits per heavy atom. The quantitative estimate of drug-likeness (QED) is 0.758. The Balaban J connectivity index is 1.36. The Hall–Kier alpha value is -2.73. The predicted molar refractivity (Wildman–Crippen MR) is 96.0 cm³/mol. The fraction of sp³-hybridized carbons (Fsp3) is 0.300. The van der Waals surface area contributed by atoms with Crippen molar-refractivity contribution in [3.8, 4) is 0 Å². The maximum Gasteiger partial charge on any atom is 0.223 e. The van der Waals surface area contributed by atoms with Gasteiger partial charge in [0, 0.05) is 12.8 Å². The number of hydrogen-bond donors (Lipinski definition) is 2. The van der Waals surface area contributed by atoms with Crippen LogP contribution < -0.4 is 0 Å². The molecule has 0 radical (unpaired) electrons. The number of aromatic nitrogens is 2. The lowest BCUT2D eigenvalue weighted by atomic mass is 9.86. The van der Waals surface area contributed by atoms with Crippen molar-refractivity contribution in [1.82, 2.24) is 14.9 Å². The van der Waals surface area contributed by atoms with Crippen molar-refractivity contribution in [1.29, 1.82) is 0 Å². The van der Waals surface area contributed by atoms with Gasteiger partial charge in [0.2, 0.25) is 5.91 Å². The highest BCUT2D eigenvalue weighted by Crippen LogP contribution is 2.32. The largest absolute Gasteiger partial charge is 0.381 e. The Morgan fingerprint density at radius 3 is 2.69 bits per heavy atom. The summed E-state index contributed by atoms with van der Waals surface area (Å²) in [5.74, 6) is 0.427. The standard InChI is InChI=1S/C20H20FN3O2/c1-13-3-2-4-16-19(13)23-17(22-16)9-10-18(25)24-11-20(26,12-24)14-5-7-15(21)8-6-14/h2-8,26H,9-12H2,1H3,(H,22,23). The highest BCUT2D eigenvalue weighted by molar-refractivity contribution is 5.79. The van der Waals surface area contributed by atoms with Gasteiger partial charge in [-0.2, -0.15) is 0 Å². The molecule has 0 aliphatic carbocycles. The number of para-hydroxylation sites is 1. The number of fused-ring (bicyclic) bond motifs is 1. The third-order valence-corrected chi connectivity index (χ3v) is 4.98. The van der Waals surface area contributed by atoms with Crippen LogP contribution in [0, 0.1) is 12.7 Å². The van der Waals surface area contributed by atoms with Gasteiger partial charge < -0.3 is 15.0 Å². The van der Waals surface area contributed by atoms with Crippen LogP contribution in [-0.4, -0.2) is 39.0 Å². The fourth-order valence-electron chi connectivity index (χ4n) is 3.43. The molecule has 0 bridgehead atoms. The Labute approximate surface area is 150 Å². The third-order valence-electron chi connectivity index (χ3n) is 4.98. The van der Waals surface area contributed by atoms with E-state index >= 15 is 0 Å². The first kappa shape index (κ1) is 16.7. The molecular weight excluding hydrogens is 333 g/mol. The lowest BCUT2D eigenvalue weighted by molar-refractivity contribution is -0.157. The average molecular weight is 353 g/mol. The molecule has 4 rings (SSSR count). The van der Waals surface area contributed by atoms with Gasteiger partial charge in [0.15, 0.2) is 0 Å². The van der Waals surface area contributed by atoms with Crippen LogP contribution in [0.5, 0.6) is 0 Å². The van der Waals surface area contributed by atoms with E-state index in [1.807, 2.05) is 25.1 Å². The topological polar surface area (TPSA) is 69.2 Å². The van der Waals surface area contributed by atoms with Crippen molar-refractivity contribution in [3.05, 3.63) is 65.2 Å². The Kier molecular flexibility index (Phi) is 4.00. The van der Waals surface area contributed by atoms with Gasteiger partial charge in [-0.25, -0.2) is 9.37 Å². The molecule has 2 heterocycles. The number of halogens is 1. The van der Waals surface area contributed by atoms with Crippen LogP contribution in [0.25, 0.3) is 11.0 Å². The maximum absolute atomic E-state index is 13.0. The molecule has 2 N–H and O–H groups in total. The van der Waals surface area contributed by atoms with Crippen molar-refractivity contribution in [3.63, 3.8) is 0 Å². The number of aryl methyl sites for hydroxylation is 2. The van der Waals surface area contributed by atoms with Gasteiger partial charge in [0.25, 0.3) is 0 Å². The molecule has 1 aliphatic rings. The van der Waals surface area contributed by atoms with Crippen molar-refractivity contribution in [2.45, 2.75) is 25.4 Å². The molecule has 1 saturated heterocycles. The zero-order valence-electron chi connectivity index (χ0n) is 14.5. The number of hydrogen-bond acceptors (Lipinski definition) is 3. The molecule has 0 spiro atoms. The Bertz CT molecular complexity index is 959. The number of nitrogens with one attached hydrogen (secondary N) is 1. The molecule has 26 heavy (non-hydrogen) atoms. The summed E-state index contributed by atoms with van der Waals surface area (Å²) < 4.78 is 13.0. The highest BCUT2D eigenvalue weighted by atomic mass is 19.1. The molecule has 0 atom stereocenters. The summed E-state index contributed by atoms with van der Waals surface area (Å²) >= 11 is 0. The van der Waals surface area contributed by atoms with Gasteiger partial charge in [0.1, 0.15) is 17.2 Å². The minimum atomic E-state index is -1.08. The molecule has 2 aromatic carbocycles. The van der Waals surface area contributed by atoms with Gasteiger partial charge in [-0.1, -0.05) is 24.3 Å². The number of aromatic amines is 1. The van der Waals surface area contributed by atoms with Gasteiger partial charge in [-0.05, 0) is 36.2 Å². The number of imidazole rings is 1. The minimum absolute atomic E-state index is 0.0195. The summed E-state index contributed by atoms with van der Waals surface area (Å²) in [5.41, 5.74) is 2.56. The van der Waals surface area contributed by atoms with Crippen LogP contribution in [0.15, 0.2) is 42.5 Å². The number of β-amino-alcohol motifs (C(OH)–C–C–N with tert-alkyl or cyclic N) is 1. The van der Waals surface area contributed by atoms with Gasteiger partial charge in [-0.15, -0.1) is 0 Å². The zero-order chi connectivity index (χ0) is 18.3. The first-order valence-electron chi connectivity index (χ1n) is 8.65. The molecule has 0 unspecified atom stereocenters. The van der Waals surface area contributed by atoms with E-state index in [-0.39, 0.29) is 24.8 Å². The zero-order valence-corrected chi connectivity index (χ0v) is 14.5. The number of nitrogens with zero attached hydrogens (tertiary/aromatic N) is 2. The van der Waals surface area contributed by atoms with Crippen LogP contribution in [0.4, 0.5) is 4.39 Å². The maximum atomic E-state index is 13.0. The van der Waals surface area contributed by atoms with Crippen molar-refractivity contribution < 1.29 is 14.3 Å². The minimum Gasteiger partial charge on any atom is -0.381 e. The smallest absolute Gasteiger partial charge is 0.223 e. The van der Waals surface area contributed by atoms with Crippen LogP contribution in [0.3, 0.4) is 0 Å². The van der Waals surface area contributed by atoms with Crippen molar-refractivity contribution >= 4 is 16.9 Å². The van der Waals surface area contributed by atoms with E-state index in [1.54, 1.807) is 17.0 Å². The molecule has 6 heteroatoms. The van der Waals surface area contributed by atoms with E-state index in [0.29, 0.717) is 18.4 Å². The molecule has 134 valence electrons. The molecule has 1 aliphatic heterocycles. The summed E-state index contributed by atoms with van der Waals surface area (Å²) in [5, 5.41) is 10.6. The van der Waals surface area contributed by atoms with E-state index in [9.17, 15) is 14.3 Å². The Morgan fingerprint density at radius 2 is 2.00 bits per heavy atom. The van der Waals surface area contributed by atoms with E-state index in [4.69, 9.17) is 0 Å². The number of aliphatic hydroxyl groups is 1. The molecule has 0 saturated carbocycles. The first-order valence-corrected chi connectivity index (χ1v) is 8.65. The number of H-pyrrole nitrogens is 1. The molecule has 1 aromatic heterocycles. The van der Waals surface area contributed by atoms with E-state index in [2.05, 4.69) is 9.97 Å². The van der Waals surface area contributed by atoms with Crippen molar-refractivity contribution in [2.75, 3.05) is 13.1 Å². The molecule has 1 amide bonds. The van der Waals surface area contributed by atoms with Crippen LogP contribution in [0.2, 0.25) is 0 Å². The second-order valence-corrected chi connectivity index (χ2v) is 6.94. The number of amides is 1. The fourth-order valence-corrected chi connectivity index (χ4v) is 3.43. The SMILES string of the molecule is Cc1cccc2[nH]c(CCC(=O)N3CC(O)(c4ccc(F)cc4)C3)nc12. The van der Waals surface area contributed by atoms with Crippen LogP contribution >= 0.6 is 0 Å². The van der Waals surface area contributed by atoms with Crippen LogP contribution in [-0.2, 0) is 16.8 Å². The lowest BCUT2D eigenvalue weighted by Gasteiger charge is -2.46. The first-order chi connectivity index (χ1) is 12.4. The van der Waals surface area contributed by atoms with Gasteiger partial charge >= 0.3 is 0 Å². The second-order valence-electron chi connectivity index (χ2n) is 6.94. The molecule has 5 nitrogen and oxygen atoms in total. The summed E-state index contributed by atoms with van der Waals surface area (Å²) in [6, 6.07) is 11.7. The van der Waals surface area contributed by atoms with E-state index in [1.165, 1.54) is 12.1 Å². The predicted octanol–water partition coefficient (Wildman–Crippen LogP) is 2.67. The normalized spacial score (nSPS) is 15.9. The summed E-state index contributed by atoms with van der Waals surface area (Å²) in [4.78, 5) is 21.8. The third kappa shape index (κ3) is 2.97. The highest BCUT2D eigenvalue weighted by Gasteiger charge is 2.44. The molecule has 3 aromatic rings. The molecule has 1 fully saturated rings. The summed E-state index contributed by atoms with van der Waals surface area (Å²) in [7, 11) is 0. The average Bonchev–Trinajstić information content (AvgIpc) is 3.02. The number of likely N-dealkylation sites (tertiary alicyclic amines) is 1. The van der Waals surface area contributed by atoms with E-state index < -0.39 is 5.60 Å². The summed E-state index contributed by atoms with van der Waals surface area (Å²) in [6.45, 7) is 2.47. The van der Waals surface area contributed by atoms with Gasteiger partial charge in [0.05, 0.1) is 24.1 Å². The number of carbonyl (C=O) groups is 1. The lowest BCUT2D eigenvalue weighted by Crippen LogP contribution is -2.61. The van der Waals surface area contributed by atoms with Crippen molar-refractivity contribution in [2.24, 2.45) is 0 Å². The second kappa shape index (κ2) is 6.21. The van der Waals surface area contributed by atoms with E-state index in [0.717, 1.165) is 22.4 Å². The number of rotatable bonds is 4. The molecular formula is C20H20FN3O2. The monoisotopic (exact) mass is 353 g/mol.